The third kappa shape index (κ3) is 5.12. The summed E-state index contributed by atoms with van der Waals surface area (Å²) in [6.45, 7) is 4.77. The molecule has 2 amide bonds. The van der Waals surface area contributed by atoms with Crippen LogP contribution in [-0.4, -0.2) is 66.3 Å². The Balaban J connectivity index is 1.77. The van der Waals surface area contributed by atoms with E-state index < -0.39 is 0 Å². The number of unbranched alkanes of at least 4 members (excludes halogenated alkanes) is 5. The SMILES string of the molecule is CCCCCCCCN1C(=O)C(c2ccccc2)=C(N(C)C2CCN(C)CC2)C1=O. The van der Waals surface area contributed by atoms with Crippen molar-refractivity contribution < 1.29 is 9.59 Å². The van der Waals surface area contributed by atoms with Gasteiger partial charge >= 0.3 is 0 Å². The fourth-order valence-corrected chi connectivity index (χ4v) is 4.57. The third-order valence-corrected chi connectivity index (χ3v) is 6.53. The van der Waals surface area contributed by atoms with Crippen molar-refractivity contribution in [2.75, 3.05) is 33.7 Å². The summed E-state index contributed by atoms with van der Waals surface area (Å²) in [6, 6.07) is 9.99. The highest BCUT2D eigenvalue weighted by Gasteiger charge is 2.41. The predicted octanol–water partition coefficient (Wildman–Crippen LogP) is 4.15. The quantitative estimate of drug-likeness (QED) is 0.428. The summed E-state index contributed by atoms with van der Waals surface area (Å²) in [5.74, 6) is -0.247. The Morgan fingerprint density at radius 1 is 0.933 bits per heavy atom. The summed E-state index contributed by atoms with van der Waals surface area (Å²) in [7, 11) is 4.13. The molecule has 2 aliphatic heterocycles. The standard InChI is InChI=1S/C25H37N3O2/c1-4-5-6-7-8-12-17-28-24(29)22(20-13-10-9-11-14-20)23(25(28)30)27(3)21-15-18-26(2)19-16-21/h9-11,13-14,21H,4-8,12,15-19H2,1-3H3. The van der Waals surface area contributed by atoms with E-state index >= 15 is 0 Å². The summed E-state index contributed by atoms with van der Waals surface area (Å²) < 4.78 is 0. The maximum atomic E-state index is 13.4. The van der Waals surface area contributed by atoms with Gasteiger partial charge in [0.15, 0.2) is 0 Å². The zero-order valence-electron chi connectivity index (χ0n) is 18.9. The second-order valence-corrected chi connectivity index (χ2v) is 8.76. The van der Waals surface area contributed by atoms with Gasteiger partial charge in [-0.25, -0.2) is 0 Å². The Morgan fingerprint density at radius 2 is 1.57 bits per heavy atom. The highest BCUT2D eigenvalue weighted by atomic mass is 16.2. The first-order valence-electron chi connectivity index (χ1n) is 11.6. The van der Waals surface area contributed by atoms with Crippen LogP contribution in [0, 0.1) is 0 Å². The monoisotopic (exact) mass is 411 g/mol. The number of rotatable bonds is 10. The molecule has 0 unspecified atom stereocenters. The summed E-state index contributed by atoms with van der Waals surface area (Å²) in [6.07, 6.45) is 8.86. The number of imide groups is 1. The molecule has 1 fully saturated rings. The topological polar surface area (TPSA) is 43.9 Å². The average molecular weight is 412 g/mol. The summed E-state index contributed by atoms with van der Waals surface area (Å²) in [4.78, 5) is 32.7. The molecule has 0 N–H and O–H groups in total. The molecule has 164 valence electrons. The first-order chi connectivity index (χ1) is 14.5. The zero-order chi connectivity index (χ0) is 21.5. The number of carbonyl (C=O) groups excluding carboxylic acids is 2. The number of nitrogens with zero attached hydrogens (tertiary/aromatic N) is 3. The molecule has 1 aromatic rings. The summed E-state index contributed by atoms with van der Waals surface area (Å²) in [5.41, 5.74) is 2.01. The zero-order valence-corrected chi connectivity index (χ0v) is 18.9. The van der Waals surface area contributed by atoms with E-state index in [-0.39, 0.29) is 11.8 Å². The van der Waals surface area contributed by atoms with Crippen molar-refractivity contribution in [1.82, 2.24) is 14.7 Å². The van der Waals surface area contributed by atoms with Crippen LogP contribution in [0.4, 0.5) is 0 Å². The second-order valence-electron chi connectivity index (χ2n) is 8.76. The van der Waals surface area contributed by atoms with Gasteiger partial charge in [-0.15, -0.1) is 0 Å². The number of hydrogen-bond acceptors (Lipinski definition) is 4. The largest absolute Gasteiger partial charge is 0.366 e. The molecule has 0 saturated carbocycles. The van der Waals surface area contributed by atoms with Gasteiger partial charge < -0.3 is 9.80 Å². The molecule has 0 aliphatic carbocycles. The van der Waals surface area contributed by atoms with Crippen LogP contribution in [0.25, 0.3) is 5.57 Å². The van der Waals surface area contributed by atoms with Gasteiger partial charge in [-0.1, -0.05) is 69.4 Å². The molecule has 0 bridgehead atoms. The van der Waals surface area contributed by atoms with Crippen LogP contribution in [0.15, 0.2) is 36.0 Å². The van der Waals surface area contributed by atoms with E-state index in [0.717, 1.165) is 44.3 Å². The lowest BCUT2D eigenvalue weighted by Crippen LogP contribution is -2.43. The number of benzene rings is 1. The molecule has 0 radical (unpaired) electrons. The number of piperidine rings is 1. The number of carbonyl (C=O) groups is 2. The van der Waals surface area contributed by atoms with Gasteiger partial charge in [0.05, 0.1) is 5.57 Å². The fourth-order valence-electron chi connectivity index (χ4n) is 4.57. The van der Waals surface area contributed by atoms with E-state index in [9.17, 15) is 9.59 Å². The van der Waals surface area contributed by atoms with Crippen molar-refractivity contribution in [3.8, 4) is 0 Å². The van der Waals surface area contributed by atoms with E-state index in [1.807, 2.05) is 37.4 Å². The van der Waals surface area contributed by atoms with Crippen LogP contribution in [0.3, 0.4) is 0 Å². The van der Waals surface area contributed by atoms with E-state index in [1.54, 1.807) is 0 Å². The van der Waals surface area contributed by atoms with E-state index in [0.29, 0.717) is 23.9 Å². The number of amides is 2. The molecular weight excluding hydrogens is 374 g/mol. The van der Waals surface area contributed by atoms with Crippen LogP contribution >= 0.6 is 0 Å². The molecule has 2 aliphatic rings. The lowest BCUT2D eigenvalue weighted by Gasteiger charge is -2.36. The molecule has 1 saturated heterocycles. The van der Waals surface area contributed by atoms with E-state index in [1.165, 1.54) is 30.6 Å². The molecule has 0 aromatic heterocycles. The highest BCUT2D eigenvalue weighted by Crippen LogP contribution is 2.33. The minimum atomic E-state index is -0.130. The third-order valence-electron chi connectivity index (χ3n) is 6.53. The van der Waals surface area contributed by atoms with Crippen molar-refractivity contribution in [3.05, 3.63) is 41.6 Å². The van der Waals surface area contributed by atoms with Crippen LogP contribution in [0.2, 0.25) is 0 Å². The lowest BCUT2D eigenvalue weighted by molar-refractivity contribution is -0.137. The molecule has 3 rings (SSSR count). The van der Waals surface area contributed by atoms with Crippen molar-refractivity contribution in [2.45, 2.75) is 64.3 Å². The number of likely N-dealkylation sites (N-methyl/N-ethyl adjacent to an activating group) is 1. The Bertz CT molecular complexity index is 751. The van der Waals surface area contributed by atoms with Crippen molar-refractivity contribution in [2.24, 2.45) is 0 Å². The smallest absolute Gasteiger partial charge is 0.277 e. The summed E-state index contributed by atoms with van der Waals surface area (Å²) >= 11 is 0. The lowest BCUT2D eigenvalue weighted by atomic mass is 10.0. The molecular formula is C25H37N3O2. The Hall–Kier alpha value is -2.14. The van der Waals surface area contributed by atoms with Crippen molar-refractivity contribution in [1.29, 1.82) is 0 Å². The normalized spacial score (nSPS) is 18.6. The van der Waals surface area contributed by atoms with E-state index in [2.05, 4.69) is 23.8 Å². The average Bonchev–Trinajstić information content (AvgIpc) is 3.01. The van der Waals surface area contributed by atoms with Gasteiger partial charge in [-0.3, -0.25) is 14.5 Å². The Labute approximate surface area is 181 Å². The molecule has 30 heavy (non-hydrogen) atoms. The van der Waals surface area contributed by atoms with Gasteiger partial charge in [-0.2, -0.15) is 0 Å². The molecule has 0 spiro atoms. The maximum absolute atomic E-state index is 13.4. The molecule has 5 nitrogen and oxygen atoms in total. The van der Waals surface area contributed by atoms with Crippen LogP contribution in [-0.2, 0) is 9.59 Å². The predicted molar refractivity (Wildman–Crippen MR) is 122 cm³/mol. The van der Waals surface area contributed by atoms with Gasteiger partial charge in [0.25, 0.3) is 11.8 Å². The first kappa shape index (κ1) is 22.5. The van der Waals surface area contributed by atoms with Crippen LogP contribution in [0.1, 0.15) is 63.9 Å². The van der Waals surface area contributed by atoms with Gasteiger partial charge in [0.1, 0.15) is 5.70 Å². The second kappa shape index (κ2) is 10.8. The van der Waals surface area contributed by atoms with Gasteiger partial charge in [0.2, 0.25) is 0 Å². The van der Waals surface area contributed by atoms with Gasteiger partial charge in [0, 0.05) is 19.6 Å². The molecule has 0 atom stereocenters. The summed E-state index contributed by atoms with van der Waals surface area (Å²) in [5, 5.41) is 0. The molecule has 1 aromatic carbocycles. The van der Waals surface area contributed by atoms with Crippen LogP contribution in [0.5, 0.6) is 0 Å². The molecule has 5 heteroatoms. The minimum absolute atomic E-state index is 0.117. The van der Waals surface area contributed by atoms with Crippen LogP contribution < -0.4 is 0 Å². The van der Waals surface area contributed by atoms with Gasteiger partial charge in [-0.05, 0) is 45.0 Å². The Kier molecular flexibility index (Phi) is 8.08. The first-order valence-corrected chi connectivity index (χ1v) is 11.6. The minimum Gasteiger partial charge on any atom is -0.366 e. The molecule has 2 heterocycles. The fraction of sp³-hybridized carbons (Fsp3) is 0.600. The number of likely N-dealkylation sites (tertiary alicyclic amines) is 1. The van der Waals surface area contributed by atoms with Crippen molar-refractivity contribution in [3.63, 3.8) is 0 Å². The Morgan fingerprint density at radius 3 is 2.23 bits per heavy atom. The highest BCUT2D eigenvalue weighted by molar-refractivity contribution is 6.35. The maximum Gasteiger partial charge on any atom is 0.277 e. The van der Waals surface area contributed by atoms with Crippen molar-refractivity contribution >= 4 is 17.4 Å². The number of hydrogen-bond donors (Lipinski definition) is 0. The van der Waals surface area contributed by atoms with E-state index in [4.69, 9.17) is 0 Å².